The topological polar surface area (TPSA) is 136 Å². The van der Waals surface area contributed by atoms with Gasteiger partial charge in [-0.1, -0.05) is 48.0 Å². The largest absolute Gasteiger partial charge is 0.481 e. The van der Waals surface area contributed by atoms with E-state index in [1.54, 1.807) is 30.3 Å². The van der Waals surface area contributed by atoms with Crippen molar-refractivity contribution in [2.24, 2.45) is 0 Å². The molecule has 2 amide bonds. The molecule has 1 heterocycles. The number of halogens is 2. The highest BCUT2D eigenvalue weighted by Crippen LogP contribution is 2.28. The number of nitrogens with zero attached hydrogens (tertiary/aromatic N) is 1. The molecular weight excluding hydrogens is 525 g/mol. The van der Waals surface area contributed by atoms with Gasteiger partial charge in [-0.3, -0.25) is 14.4 Å². The maximum atomic E-state index is 13.6. The Hall–Kier alpha value is -4.44. The number of hydrogen-bond acceptors (Lipinski definition) is 5. The van der Waals surface area contributed by atoms with E-state index >= 15 is 0 Å². The number of hydrogen-bond donors (Lipinski definition) is 5. The Balaban J connectivity index is 1.27. The molecule has 1 atom stereocenters. The SMILES string of the molecule is O=C(O)CC(NC(=O)CNC(=O)CCCNc1nc2ccccc2[nH]1)c1cccc(-c2ccc(F)c(Cl)c2)c1. The summed E-state index contributed by atoms with van der Waals surface area (Å²) in [7, 11) is 0. The fourth-order valence-electron chi connectivity index (χ4n) is 4.04. The van der Waals surface area contributed by atoms with Gasteiger partial charge in [0, 0.05) is 13.0 Å². The average molecular weight is 552 g/mol. The van der Waals surface area contributed by atoms with E-state index in [-0.39, 0.29) is 30.3 Å². The standard InChI is InChI=1S/C28H27ClFN5O4/c29-20-14-18(10-11-21(20)30)17-5-3-6-19(13-17)24(15-27(38)39)33-26(37)16-32-25(36)9-4-12-31-28-34-22-7-1-2-8-23(22)35-28/h1-3,5-8,10-11,13-14,24H,4,9,12,15-16H2,(H,32,36)(H,33,37)(H,38,39)(H2,31,34,35). The molecule has 4 aromatic rings. The molecule has 202 valence electrons. The number of nitrogens with one attached hydrogen (secondary N) is 4. The molecule has 5 N–H and O–H groups in total. The molecule has 0 bridgehead atoms. The Kier molecular flexibility index (Phi) is 9.11. The van der Waals surface area contributed by atoms with E-state index in [1.807, 2.05) is 24.3 Å². The molecule has 0 saturated heterocycles. The first-order valence-corrected chi connectivity index (χ1v) is 12.7. The molecule has 0 fully saturated rings. The lowest BCUT2D eigenvalue weighted by molar-refractivity contribution is -0.138. The Morgan fingerprint density at radius 2 is 1.79 bits per heavy atom. The number of carboxylic acids is 1. The number of anilines is 1. The van der Waals surface area contributed by atoms with Crippen molar-refractivity contribution in [3.8, 4) is 11.1 Å². The van der Waals surface area contributed by atoms with Gasteiger partial charge in [0.15, 0.2) is 0 Å². The Bertz CT molecular complexity index is 1460. The number of rotatable bonds is 12. The highest BCUT2D eigenvalue weighted by molar-refractivity contribution is 6.31. The number of amides is 2. The van der Waals surface area contributed by atoms with Gasteiger partial charge in [0.1, 0.15) is 5.82 Å². The van der Waals surface area contributed by atoms with Crippen LogP contribution in [0.4, 0.5) is 10.3 Å². The van der Waals surface area contributed by atoms with Crippen LogP contribution < -0.4 is 16.0 Å². The first-order chi connectivity index (χ1) is 18.8. The number of H-pyrrole nitrogens is 1. The molecule has 3 aromatic carbocycles. The summed E-state index contributed by atoms with van der Waals surface area (Å²) in [6.45, 7) is 0.217. The second kappa shape index (κ2) is 12.9. The maximum Gasteiger partial charge on any atom is 0.305 e. The summed E-state index contributed by atoms with van der Waals surface area (Å²) in [6.07, 6.45) is 0.356. The van der Waals surface area contributed by atoms with Crippen LogP contribution in [0.15, 0.2) is 66.7 Å². The third-order valence-corrected chi connectivity index (χ3v) is 6.25. The normalized spacial score (nSPS) is 11.6. The minimum absolute atomic E-state index is 0.0330. The Morgan fingerprint density at radius 3 is 2.56 bits per heavy atom. The number of aromatic amines is 1. The average Bonchev–Trinajstić information content (AvgIpc) is 3.34. The highest BCUT2D eigenvalue weighted by atomic mass is 35.5. The Morgan fingerprint density at radius 1 is 1.00 bits per heavy atom. The number of para-hydroxylation sites is 2. The van der Waals surface area contributed by atoms with Crippen molar-refractivity contribution < 1.29 is 23.9 Å². The van der Waals surface area contributed by atoms with Gasteiger partial charge in [0.25, 0.3) is 0 Å². The van der Waals surface area contributed by atoms with E-state index in [4.69, 9.17) is 11.6 Å². The van der Waals surface area contributed by atoms with Crippen LogP contribution in [0.2, 0.25) is 5.02 Å². The van der Waals surface area contributed by atoms with Crippen LogP contribution in [-0.4, -0.2) is 45.9 Å². The zero-order valence-electron chi connectivity index (χ0n) is 20.8. The molecule has 0 aliphatic carbocycles. The summed E-state index contributed by atoms with van der Waals surface area (Å²) in [6, 6.07) is 18.0. The quantitative estimate of drug-likeness (QED) is 0.162. The van der Waals surface area contributed by atoms with Gasteiger partial charge in [0.2, 0.25) is 17.8 Å². The third kappa shape index (κ3) is 7.78. The fourth-order valence-corrected chi connectivity index (χ4v) is 4.22. The summed E-state index contributed by atoms with van der Waals surface area (Å²) in [5.74, 6) is -1.85. The minimum Gasteiger partial charge on any atom is -0.481 e. The van der Waals surface area contributed by atoms with Crippen molar-refractivity contribution in [2.75, 3.05) is 18.4 Å². The lowest BCUT2D eigenvalue weighted by atomic mass is 9.97. The van der Waals surface area contributed by atoms with Crippen LogP contribution in [-0.2, 0) is 14.4 Å². The van der Waals surface area contributed by atoms with Gasteiger partial charge in [-0.25, -0.2) is 9.37 Å². The number of imidazole rings is 1. The molecule has 11 heteroatoms. The van der Waals surface area contributed by atoms with Gasteiger partial charge in [-0.2, -0.15) is 0 Å². The maximum absolute atomic E-state index is 13.6. The van der Waals surface area contributed by atoms with Crippen LogP contribution in [0.25, 0.3) is 22.2 Å². The van der Waals surface area contributed by atoms with Gasteiger partial charge >= 0.3 is 5.97 Å². The van der Waals surface area contributed by atoms with Crippen LogP contribution in [0.1, 0.15) is 30.9 Å². The zero-order chi connectivity index (χ0) is 27.8. The molecule has 4 rings (SSSR count). The number of carboxylic acid groups (broad SMARTS) is 1. The number of carbonyl (C=O) groups excluding carboxylic acids is 2. The molecule has 0 radical (unpaired) electrons. The van der Waals surface area contributed by atoms with E-state index in [9.17, 15) is 23.9 Å². The lowest BCUT2D eigenvalue weighted by Crippen LogP contribution is -2.39. The molecule has 0 spiro atoms. The number of carbonyl (C=O) groups is 3. The van der Waals surface area contributed by atoms with E-state index < -0.39 is 23.7 Å². The summed E-state index contributed by atoms with van der Waals surface area (Å²) in [5.41, 5.74) is 3.63. The van der Waals surface area contributed by atoms with Crippen molar-refractivity contribution in [2.45, 2.75) is 25.3 Å². The number of fused-ring (bicyclic) bond motifs is 1. The second-order valence-electron chi connectivity index (χ2n) is 8.88. The van der Waals surface area contributed by atoms with Crippen LogP contribution in [0.5, 0.6) is 0 Å². The number of aliphatic carboxylic acids is 1. The van der Waals surface area contributed by atoms with Crippen LogP contribution in [0.3, 0.4) is 0 Å². The zero-order valence-corrected chi connectivity index (χ0v) is 21.6. The van der Waals surface area contributed by atoms with Gasteiger partial charge in [-0.05, 0) is 53.4 Å². The Labute approximate surface area is 228 Å². The summed E-state index contributed by atoms with van der Waals surface area (Å²) in [4.78, 5) is 43.8. The minimum atomic E-state index is -1.10. The smallest absolute Gasteiger partial charge is 0.305 e. The number of benzene rings is 3. The van der Waals surface area contributed by atoms with Crippen molar-refractivity contribution in [3.63, 3.8) is 0 Å². The predicted molar refractivity (Wildman–Crippen MR) is 147 cm³/mol. The van der Waals surface area contributed by atoms with E-state index in [0.717, 1.165) is 11.0 Å². The van der Waals surface area contributed by atoms with Crippen molar-refractivity contribution >= 4 is 46.4 Å². The summed E-state index contributed by atoms with van der Waals surface area (Å²) < 4.78 is 13.6. The molecular formula is C28H27ClFN5O4. The second-order valence-corrected chi connectivity index (χ2v) is 9.29. The molecule has 0 aliphatic rings. The van der Waals surface area contributed by atoms with Crippen LogP contribution in [0, 0.1) is 5.82 Å². The van der Waals surface area contributed by atoms with Crippen LogP contribution >= 0.6 is 11.6 Å². The first-order valence-electron chi connectivity index (χ1n) is 12.3. The summed E-state index contributed by atoms with van der Waals surface area (Å²) >= 11 is 5.90. The lowest BCUT2D eigenvalue weighted by Gasteiger charge is -2.19. The highest BCUT2D eigenvalue weighted by Gasteiger charge is 2.19. The third-order valence-electron chi connectivity index (χ3n) is 5.96. The predicted octanol–water partition coefficient (Wildman–Crippen LogP) is 4.66. The van der Waals surface area contributed by atoms with Gasteiger partial charge in [0.05, 0.1) is 35.1 Å². The van der Waals surface area contributed by atoms with Crippen molar-refractivity contribution in [1.82, 2.24) is 20.6 Å². The molecule has 1 unspecified atom stereocenters. The molecule has 0 saturated carbocycles. The van der Waals surface area contributed by atoms with E-state index in [0.29, 0.717) is 35.6 Å². The molecule has 39 heavy (non-hydrogen) atoms. The van der Waals surface area contributed by atoms with Gasteiger partial charge in [-0.15, -0.1) is 0 Å². The summed E-state index contributed by atoms with van der Waals surface area (Å²) in [5, 5.41) is 17.7. The molecule has 1 aromatic heterocycles. The fraction of sp³-hybridized carbons (Fsp3) is 0.214. The van der Waals surface area contributed by atoms with Gasteiger partial charge < -0.3 is 26.0 Å². The first kappa shape index (κ1) is 27.6. The van der Waals surface area contributed by atoms with Crippen molar-refractivity contribution in [3.05, 3.63) is 83.1 Å². The number of aromatic nitrogens is 2. The van der Waals surface area contributed by atoms with E-state index in [2.05, 4.69) is 25.9 Å². The monoisotopic (exact) mass is 551 g/mol. The molecule has 0 aliphatic heterocycles. The molecule has 9 nitrogen and oxygen atoms in total. The van der Waals surface area contributed by atoms with E-state index in [1.165, 1.54) is 12.1 Å². The van der Waals surface area contributed by atoms with Crippen molar-refractivity contribution in [1.29, 1.82) is 0 Å².